The van der Waals surface area contributed by atoms with Crippen LogP contribution in [0.5, 0.6) is 0 Å². The number of hydrogen-bond acceptors (Lipinski definition) is 3. The molecule has 0 amide bonds. The van der Waals surface area contributed by atoms with Crippen molar-refractivity contribution in [1.82, 2.24) is 5.32 Å². The van der Waals surface area contributed by atoms with Crippen LogP contribution in [-0.2, 0) is 0 Å². The summed E-state index contributed by atoms with van der Waals surface area (Å²) in [5, 5.41) is 5.91. The van der Waals surface area contributed by atoms with Crippen molar-refractivity contribution in [1.29, 1.82) is 0 Å². The molecule has 86 valence electrons. The summed E-state index contributed by atoms with van der Waals surface area (Å²) in [7, 11) is 0. The van der Waals surface area contributed by atoms with Crippen LogP contribution in [-0.4, -0.2) is 18.1 Å². The Morgan fingerprint density at radius 3 is 2.67 bits per heavy atom. The number of rotatable bonds is 7. The van der Waals surface area contributed by atoms with Gasteiger partial charge in [-0.05, 0) is 30.5 Å². The lowest BCUT2D eigenvalue weighted by molar-refractivity contribution is 0.447. The van der Waals surface area contributed by atoms with E-state index in [1.807, 2.05) is 23.1 Å². The van der Waals surface area contributed by atoms with Gasteiger partial charge in [0.1, 0.15) is 0 Å². The van der Waals surface area contributed by atoms with Gasteiger partial charge >= 0.3 is 0 Å². The first-order valence-electron chi connectivity index (χ1n) is 5.60. The van der Waals surface area contributed by atoms with Crippen molar-refractivity contribution >= 4 is 23.1 Å². The fraction of sp³-hybridized carbons (Fsp3) is 0.667. The molecule has 0 aliphatic heterocycles. The third-order valence-corrected chi connectivity index (χ3v) is 4.31. The Morgan fingerprint density at radius 2 is 2.20 bits per heavy atom. The highest BCUT2D eigenvalue weighted by Gasteiger charge is 2.14. The molecule has 0 aliphatic rings. The van der Waals surface area contributed by atoms with E-state index in [0.29, 0.717) is 12.1 Å². The van der Waals surface area contributed by atoms with Gasteiger partial charge in [0.25, 0.3) is 0 Å². The summed E-state index contributed by atoms with van der Waals surface area (Å²) in [5.41, 5.74) is 0. The van der Waals surface area contributed by atoms with Gasteiger partial charge in [0.2, 0.25) is 0 Å². The highest BCUT2D eigenvalue weighted by Crippen LogP contribution is 2.22. The van der Waals surface area contributed by atoms with E-state index >= 15 is 0 Å². The molecular formula is C12H21NS2. The van der Waals surface area contributed by atoms with Crippen LogP contribution in [0.15, 0.2) is 17.5 Å². The van der Waals surface area contributed by atoms with Crippen molar-refractivity contribution in [2.75, 3.05) is 12.0 Å². The van der Waals surface area contributed by atoms with E-state index in [2.05, 4.69) is 42.9 Å². The van der Waals surface area contributed by atoms with Crippen molar-refractivity contribution < 1.29 is 0 Å². The van der Waals surface area contributed by atoms with E-state index < -0.39 is 0 Å². The van der Waals surface area contributed by atoms with Crippen LogP contribution < -0.4 is 5.32 Å². The smallest absolute Gasteiger partial charge is 0.0414 e. The molecule has 1 heterocycles. The van der Waals surface area contributed by atoms with Gasteiger partial charge in [-0.1, -0.05) is 19.9 Å². The maximum Gasteiger partial charge on any atom is 0.0414 e. The second-order valence-electron chi connectivity index (χ2n) is 3.70. The third kappa shape index (κ3) is 4.17. The molecule has 0 aromatic carbocycles. The lowest BCUT2D eigenvalue weighted by Crippen LogP contribution is -2.33. The summed E-state index contributed by atoms with van der Waals surface area (Å²) in [6.45, 7) is 4.51. The van der Waals surface area contributed by atoms with E-state index in [9.17, 15) is 0 Å². The molecule has 15 heavy (non-hydrogen) atoms. The van der Waals surface area contributed by atoms with Crippen molar-refractivity contribution in [3.8, 4) is 0 Å². The number of hydrogen-bond donors (Lipinski definition) is 1. The highest BCUT2D eigenvalue weighted by atomic mass is 32.2. The van der Waals surface area contributed by atoms with E-state index in [0.717, 1.165) is 0 Å². The topological polar surface area (TPSA) is 12.0 Å². The maximum atomic E-state index is 3.75. The number of thioether (sulfide) groups is 1. The lowest BCUT2D eigenvalue weighted by Gasteiger charge is -2.22. The Kier molecular flexibility index (Phi) is 6.37. The van der Waals surface area contributed by atoms with E-state index in [1.165, 1.54) is 23.5 Å². The molecule has 1 nitrogen and oxygen atoms in total. The molecule has 1 aromatic heterocycles. The fourth-order valence-electron chi connectivity index (χ4n) is 1.66. The van der Waals surface area contributed by atoms with Crippen molar-refractivity contribution in [2.24, 2.45) is 0 Å². The van der Waals surface area contributed by atoms with Crippen LogP contribution in [0.4, 0.5) is 0 Å². The minimum Gasteiger partial charge on any atom is -0.306 e. The van der Waals surface area contributed by atoms with Gasteiger partial charge in [-0.2, -0.15) is 11.8 Å². The van der Waals surface area contributed by atoms with Crippen molar-refractivity contribution in [3.63, 3.8) is 0 Å². The first kappa shape index (κ1) is 13.1. The van der Waals surface area contributed by atoms with Crippen LogP contribution in [0.1, 0.15) is 37.6 Å². The van der Waals surface area contributed by atoms with Crippen molar-refractivity contribution in [2.45, 2.75) is 38.8 Å². The van der Waals surface area contributed by atoms with Gasteiger partial charge < -0.3 is 5.32 Å². The van der Waals surface area contributed by atoms with Gasteiger partial charge in [0.05, 0.1) is 0 Å². The third-order valence-electron chi connectivity index (χ3n) is 2.59. The molecule has 0 fully saturated rings. The first-order valence-corrected chi connectivity index (χ1v) is 7.87. The molecule has 1 aromatic rings. The Bertz CT molecular complexity index is 246. The summed E-state index contributed by atoms with van der Waals surface area (Å²) < 4.78 is 0. The molecule has 2 unspecified atom stereocenters. The van der Waals surface area contributed by atoms with Crippen LogP contribution >= 0.6 is 23.1 Å². The zero-order valence-electron chi connectivity index (χ0n) is 9.82. The summed E-state index contributed by atoms with van der Waals surface area (Å²) in [5.74, 6) is 1.21. The molecule has 0 saturated heterocycles. The van der Waals surface area contributed by atoms with Crippen LogP contribution in [0.25, 0.3) is 0 Å². The van der Waals surface area contributed by atoms with E-state index in [4.69, 9.17) is 0 Å². The van der Waals surface area contributed by atoms with Gasteiger partial charge in [-0.25, -0.2) is 0 Å². The van der Waals surface area contributed by atoms with E-state index in [1.54, 1.807) is 0 Å². The Labute approximate surface area is 102 Å². The molecule has 0 spiro atoms. The van der Waals surface area contributed by atoms with Crippen molar-refractivity contribution in [3.05, 3.63) is 22.4 Å². The summed E-state index contributed by atoms with van der Waals surface area (Å²) >= 11 is 3.78. The lowest BCUT2D eigenvalue weighted by atomic mass is 10.1. The molecule has 0 bridgehead atoms. The summed E-state index contributed by atoms with van der Waals surface area (Å²) in [4.78, 5) is 1.47. The molecule has 1 N–H and O–H groups in total. The minimum absolute atomic E-state index is 0.544. The number of thiophene rings is 1. The van der Waals surface area contributed by atoms with Gasteiger partial charge in [-0.15, -0.1) is 11.3 Å². The quantitative estimate of drug-likeness (QED) is 0.779. The highest BCUT2D eigenvalue weighted by molar-refractivity contribution is 7.98. The predicted molar refractivity (Wildman–Crippen MR) is 72.9 cm³/mol. The monoisotopic (exact) mass is 243 g/mol. The second kappa shape index (κ2) is 7.31. The molecule has 3 heteroatoms. The average Bonchev–Trinajstić information content (AvgIpc) is 2.77. The Hall–Kier alpha value is 0.01000. The molecule has 1 rings (SSSR count). The summed E-state index contributed by atoms with van der Waals surface area (Å²) in [6, 6.07) is 5.56. The number of nitrogens with one attached hydrogen (secondary N) is 1. The standard InChI is InChI=1S/C12H21NS2/c1-4-10(9-14-3)13-11(5-2)12-7-6-8-15-12/h6-8,10-11,13H,4-5,9H2,1-3H3. The van der Waals surface area contributed by atoms with Gasteiger partial charge in [0.15, 0.2) is 0 Å². The fourth-order valence-corrected chi connectivity index (χ4v) is 3.26. The molecule has 2 atom stereocenters. The average molecular weight is 243 g/mol. The molecule has 0 saturated carbocycles. The SMILES string of the molecule is CCC(CSC)NC(CC)c1cccs1. The van der Waals surface area contributed by atoms with Gasteiger partial charge in [-0.3, -0.25) is 0 Å². The van der Waals surface area contributed by atoms with E-state index in [-0.39, 0.29) is 0 Å². The summed E-state index contributed by atoms with van der Waals surface area (Å²) in [6.07, 6.45) is 4.56. The Balaban J connectivity index is 2.52. The molecular weight excluding hydrogens is 222 g/mol. The van der Waals surface area contributed by atoms with Crippen LogP contribution in [0.3, 0.4) is 0 Å². The predicted octanol–water partition coefficient (Wildman–Crippen LogP) is 3.93. The molecule has 0 aliphatic carbocycles. The van der Waals surface area contributed by atoms with Crippen LogP contribution in [0.2, 0.25) is 0 Å². The molecule has 0 radical (unpaired) electrons. The normalized spacial score (nSPS) is 15.1. The van der Waals surface area contributed by atoms with Gasteiger partial charge in [0, 0.05) is 22.7 Å². The second-order valence-corrected chi connectivity index (χ2v) is 5.59. The maximum absolute atomic E-state index is 3.75. The minimum atomic E-state index is 0.544. The first-order chi connectivity index (χ1) is 7.31. The zero-order chi connectivity index (χ0) is 11.1. The largest absolute Gasteiger partial charge is 0.306 e. The van der Waals surface area contributed by atoms with Crippen LogP contribution in [0, 0.1) is 0 Å². The Morgan fingerprint density at radius 1 is 1.40 bits per heavy atom. The zero-order valence-corrected chi connectivity index (χ0v) is 11.5.